The number of ether oxygens (including phenoxy) is 2. The van der Waals surface area contributed by atoms with Crippen molar-refractivity contribution in [1.29, 1.82) is 0 Å². The summed E-state index contributed by atoms with van der Waals surface area (Å²) in [7, 11) is 5.45. The largest absolute Gasteiger partial charge is 0.497 e. The van der Waals surface area contributed by atoms with Crippen molar-refractivity contribution in [3.63, 3.8) is 0 Å². The number of hydrogen-bond acceptors (Lipinski definition) is 7. The van der Waals surface area contributed by atoms with E-state index >= 15 is 0 Å². The molecule has 0 spiro atoms. The maximum absolute atomic E-state index is 12.5. The van der Waals surface area contributed by atoms with Gasteiger partial charge < -0.3 is 18.9 Å². The topological polar surface area (TPSA) is 81.8 Å². The monoisotopic (exact) mass is 469 g/mol. The highest BCUT2D eigenvalue weighted by Crippen LogP contribution is 2.29. The molecule has 0 amide bonds. The second-order valence-corrected chi connectivity index (χ2v) is 9.80. The first-order chi connectivity index (χ1) is 15.7. The first kappa shape index (κ1) is 24.6. The zero-order valence-electron chi connectivity index (χ0n) is 20.0. The number of nitrogens with zero attached hydrogens (tertiary/aromatic N) is 5. The molecule has 3 rings (SSSR count). The van der Waals surface area contributed by atoms with Crippen LogP contribution in [-0.4, -0.2) is 58.5 Å². The Morgan fingerprint density at radius 1 is 1.18 bits per heavy atom. The molecule has 1 aromatic carbocycles. The molecule has 2 aromatic heterocycles. The van der Waals surface area contributed by atoms with E-state index in [0.29, 0.717) is 17.1 Å². The predicted octanol–water partition coefficient (Wildman–Crippen LogP) is 4.44. The van der Waals surface area contributed by atoms with Crippen LogP contribution in [0.25, 0.3) is 11.0 Å². The molecule has 0 aliphatic heterocycles. The molecule has 0 aliphatic rings. The first-order valence-corrected chi connectivity index (χ1v) is 11.8. The zero-order chi connectivity index (χ0) is 24.0. The summed E-state index contributed by atoms with van der Waals surface area (Å²) in [5.41, 5.74) is 3.17. The average molecular weight is 470 g/mol. The number of methoxy groups -OCH3 is 1. The Labute approximate surface area is 199 Å². The molecule has 0 saturated carbocycles. The average Bonchev–Trinajstić information content (AvgIpc) is 3.16. The summed E-state index contributed by atoms with van der Waals surface area (Å²) in [5.74, 6) is 2.60. The molecule has 8 nitrogen and oxygen atoms in total. The van der Waals surface area contributed by atoms with E-state index < -0.39 is 5.60 Å². The summed E-state index contributed by atoms with van der Waals surface area (Å²) in [6.45, 7) is 5.65. The molecule has 2 heterocycles. The molecule has 0 N–H and O–H groups in total. The van der Waals surface area contributed by atoms with Crippen molar-refractivity contribution in [1.82, 2.24) is 19.4 Å². The van der Waals surface area contributed by atoms with E-state index in [2.05, 4.69) is 27.1 Å². The van der Waals surface area contributed by atoms with E-state index in [0.717, 1.165) is 22.6 Å². The van der Waals surface area contributed by atoms with E-state index in [9.17, 15) is 4.79 Å². The van der Waals surface area contributed by atoms with Gasteiger partial charge in [-0.3, -0.25) is 4.79 Å². The number of imidazole rings is 1. The number of aliphatic imine (C=N–C) groups is 1. The first-order valence-electron chi connectivity index (χ1n) is 10.6. The minimum atomic E-state index is -0.548. The number of pyridine rings is 1. The number of rotatable bonds is 9. The molecule has 0 bridgehead atoms. The number of fused-ring (bicyclic) bond motifs is 1. The smallest absolute Gasteiger partial charge is 0.326 e. The lowest BCUT2D eigenvalue weighted by Gasteiger charge is -2.19. The van der Waals surface area contributed by atoms with Gasteiger partial charge in [-0.25, -0.2) is 15.0 Å². The molecule has 0 radical (unpaired) electrons. The molecule has 0 saturated heterocycles. The minimum Gasteiger partial charge on any atom is -0.497 e. The zero-order valence-corrected chi connectivity index (χ0v) is 20.8. The molecule has 0 fully saturated rings. The quantitative estimate of drug-likeness (QED) is 0.260. The van der Waals surface area contributed by atoms with Crippen LogP contribution in [0, 0.1) is 0 Å². The van der Waals surface area contributed by atoms with E-state index in [1.807, 2.05) is 62.7 Å². The van der Waals surface area contributed by atoms with Gasteiger partial charge in [0, 0.05) is 37.4 Å². The van der Waals surface area contributed by atoms with Crippen LogP contribution in [0.4, 0.5) is 5.82 Å². The van der Waals surface area contributed by atoms with Crippen LogP contribution in [0.2, 0.25) is 0 Å². The molecule has 3 aromatic rings. The van der Waals surface area contributed by atoms with Gasteiger partial charge in [-0.1, -0.05) is 12.1 Å². The highest BCUT2D eigenvalue weighted by molar-refractivity contribution is 7.97. The Hall–Kier alpha value is -3.07. The number of carbonyl (C=O) groups is 1. The lowest BCUT2D eigenvalue weighted by atomic mass is 10.2. The van der Waals surface area contributed by atoms with Crippen molar-refractivity contribution in [3.8, 4) is 5.75 Å². The van der Waals surface area contributed by atoms with Gasteiger partial charge in [0.2, 0.25) is 0 Å². The molecular formula is C24H31N5O3S. The Bertz CT molecular complexity index is 1120. The normalized spacial score (nSPS) is 11.8. The van der Waals surface area contributed by atoms with Crippen LogP contribution < -0.4 is 4.74 Å². The fraction of sp³-hybridized carbons (Fsp3) is 0.417. The van der Waals surface area contributed by atoms with Crippen molar-refractivity contribution in [2.24, 2.45) is 4.99 Å². The summed E-state index contributed by atoms with van der Waals surface area (Å²) in [6.07, 6.45) is 5.16. The highest BCUT2D eigenvalue weighted by atomic mass is 32.2. The SMILES string of the molecule is COc1ccc(CSCc2cnc(N=CN(C)C)c3ncn(CC(=O)OC(C)(C)C)c23)cc1. The van der Waals surface area contributed by atoms with Gasteiger partial charge in [-0.05, 0) is 38.5 Å². The fourth-order valence-corrected chi connectivity index (χ4v) is 4.11. The summed E-state index contributed by atoms with van der Waals surface area (Å²) < 4.78 is 12.6. The molecule has 0 aliphatic carbocycles. The third kappa shape index (κ3) is 6.95. The highest BCUT2D eigenvalue weighted by Gasteiger charge is 2.19. The van der Waals surface area contributed by atoms with Gasteiger partial charge >= 0.3 is 5.97 Å². The van der Waals surface area contributed by atoms with Crippen LogP contribution in [0.15, 0.2) is 41.8 Å². The van der Waals surface area contributed by atoms with E-state index in [1.165, 1.54) is 5.56 Å². The van der Waals surface area contributed by atoms with Crippen molar-refractivity contribution in [2.45, 2.75) is 44.4 Å². The number of aromatic nitrogens is 3. The van der Waals surface area contributed by atoms with E-state index in [-0.39, 0.29) is 12.5 Å². The third-order valence-corrected chi connectivity index (χ3v) is 5.56. The number of benzene rings is 1. The summed E-state index contributed by atoms with van der Waals surface area (Å²) >= 11 is 1.77. The Morgan fingerprint density at radius 2 is 1.91 bits per heavy atom. The van der Waals surface area contributed by atoms with Crippen LogP contribution in [-0.2, 0) is 27.6 Å². The van der Waals surface area contributed by atoms with Crippen LogP contribution in [0.1, 0.15) is 31.9 Å². The summed E-state index contributed by atoms with van der Waals surface area (Å²) in [6, 6.07) is 8.04. The van der Waals surface area contributed by atoms with Gasteiger partial charge in [0.05, 0.1) is 25.3 Å². The standard InChI is InChI=1S/C24H31N5O3S/c1-24(2,3)32-20(30)12-29-16-26-21-22(29)18(11-25-23(21)27-15-28(4)5)14-33-13-17-7-9-19(31-6)10-8-17/h7-11,15-16H,12-14H2,1-6H3. The summed E-state index contributed by atoms with van der Waals surface area (Å²) in [5, 5.41) is 0. The van der Waals surface area contributed by atoms with E-state index in [4.69, 9.17) is 9.47 Å². The minimum absolute atomic E-state index is 0.0742. The predicted molar refractivity (Wildman–Crippen MR) is 133 cm³/mol. The molecule has 0 unspecified atom stereocenters. The van der Waals surface area contributed by atoms with Gasteiger partial charge in [-0.15, -0.1) is 0 Å². The second-order valence-electron chi connectivity index (χ2n) is 8.81. The molecule has 0 atom stereocenters. The number of carbonyl (C=O) groups excluding carboxylic acids is 1. The van der Waals surface area contributed by atoms with Gasteiger partial charge in [0.15, 0.2) is 5.82 Å². The molecular weight excluding hydrogens is 438 g/mol. The Kier molecular flexibility index (Phi) is 7.97. The van der Waals surface area contributed by atoms with Crippen molar-refractivity contribution >= 4 is 40.9 Å². The number of thioether (sulfide) groups is 1. The maximum atomic E-state index is 12.5. The second kappa shape index (κ2) is 10.7. The van der Waals surface area contributed by atoms with Gasteiger partial charge in [-0.2, -0.15) is 11.8 Å². The number of esters is 1. The Morgan fingerprint density at radius 3 is 2.55 bits per heavy atom. The van der Waals surface area contributed by atoms with E-state index in [1.54, 1.807) is 31.5 Å². The lowest BCUT2D eigenvalue weighted by molar-refractivity contribution is -0.155. The molecule has 9 heteroatoms. The van der Waals surface area contributed by atoms with Gasteiger partial charge in [0.25, 0.3) is 0 Å². The van der Waals surface area contributed by atoms with Crippen LogP contribution in [0.5, 0.6) is 5.75 Å². The molecule has 33 heavy (non-hydrogen) atoms. The Balaban J connectivity index is 1.86. The number of hydrogen-bond donors (Lipinski definition) is 0. The lowest BCUT2D eigenvalue weighted by Crippen LogP contribution is -2.26. The fourth-order valence-electron chi connectivity index (χ4n) is 3.15. The summed E-state index contributed by atoms with van der Waals surface area (Å²) in [4.78, 5) is 27.8. The molecule has 176 valence electrons. The van der Waals surface area contributed by atoms with Crippen LogP contribution >= 0.6 is 11.8 Å². The van der Waals surface area contributed by atoms with Crippen molar-refractivity contribution < 1.29 is 14.3 Å². The maximum Gasteiger partial charge on any atom is 0.326 e. The van der Waals surface area contributed by atoms with Crippen molar-refractivity contribution in [3.05, 3.63) is 47.9 Å². The van der Waals surface area contributed by atoms with Gasteiger partial charge in [0.1, 0.15) is 23.4 Å². The van der Waals surface area contributed by atoms with Crippen molar-refractivity contribution in [2.75, 3.05) is 21.2 Å². The third-order valence-electron chi connectivity index (χ3n) is 4.51. The van der Waals surface area contributed by atoms with Crippen LogP contribution in [0.3, 0.4) is 0 Å².